The fraction of sp³-hybridized carbons (Fsp3) is 0.125. The van der Waals surface area contributed by atoms with Gasteiger partial charge in [-0.1, -0.05) is 6.07 Å². The molecule has 0 aliphatic heterocycles. The van der Waals surface area contributed by atoms with Crippen LogP contribution in [-0.4, -0.2) is 26.6 Å². The molecule has 0 aliphatic rings. The molecule has 5 heteroatoms. The second-order valence-electron chi connectivity index (χ2n) is 3.02. The third kappa shape index (κ3) is 1.32. The first-order valence-electron chi connectivity index (χ1n) is 3.97. The van der Waals surface area contributed by atoms with Gasteiger partial charge in [0.2, 0.25) is 0 Å². The highest BCUT2D eigenvalue weighted by atomic mass is 16.4. The number of fused-ring (bicyclic) bond motifs is 1. The molecule has 66 valence electrons. The van der Waals surface area contributed by atoms with Crippen LogP contribution in [0.15, 0.2) is 24.8 Å². The van der Waals surface area contributed by atoms with Gasteiger partial charge < -0.3 is 14.4 Å². The Balaban J connectivity index is 2.70. The lowest BCUT2D eigenvalue weighted by Crippen LogP contribution is -2.30. The maximum Gasteiger partial charge on any atom is 0.489 e. The first-order valence-corrected chi connectivity index (χ1v) is 3.97. The molecule has 0 bridgehead atoms. The number of hydrogen-bond donors (Lipinski definition) is 2. The highest BCUT2D eigenvalue weighted by Crippen LogP contribution is 2.06. The van der Waals surface area contributed by atoms with E-state index in [4.69, 9.17) is 10.0 Å². The Bertz CT molecular complexity index is 439. The zero-order valence-electron chi connectivity index (χ0n) is 7.18. The van der Waals surface area contributed by atoms with Crippen LogP contribution >= 0.6 is 0 Å². The number of aromatic nitrogens is 2. The highest BCUT2D eigenvalue weighted by Gasteiger charge is 2.12. The van der Waals surface area contributed by atoms with Crippen molar-refractivity contribution in [1.29, 1.82) is 0 Å². The molecule has 0 aromatic carbocycles. The van der Waals surface area contributed by atoms with Crippen LogP contribution in [0.25, 0.3) is 5.52 Å². The van der Waals surface area contributed by atoms with Gasteiger partial charge in [-0.2, -0.15) is 0 Å². The van der Waals surface area contributed by atoms with Crippen LogP contribution < -0.4 is 5.46 Å². The molecule has 2 N–H and O–H groups in total. The smallest absolute Gasteiger partial charge is 0.423 e. The number of hydrogen-bond acceptors (Lipinski definition) is 3. The van der Waals surface area contributed by atoms with Gasteiger partial charge in [0, 0.05) is 6.20 Å². The maximum absolute atomic E-state index is 8.97. The lowest BCUT2D eigenvalue weighted by atomic mass is 9.81. The van der Waals surface area contributed by atoms with Crippen molar-refractivity contribution in [1.82, 2.24) is 9.38 Å². The molecule has 0 radical (unpaired) electrons. The van der Waals surface area contributed by atoms with Gasteiger partial charge >= 0.3 is 7.12 Å². The highest BCUT2D eigenvalue weighted by molar-refractivity contribution is 6.58. The summed E-state index contributed by atoms with van der Waals surface area (Å²) in [6.07, 6.45) is 5.02. The quantitative estimate of drug-likeness (QED) is 0.566. The molecule has 0 saturated carbocycles. The average Bonchev–Trinajstić information content (AvgIpc) is 2.51. The molecule has 2 heterocycles. The fourth-order valence-electron chi connectivity index (χ4n) is 1.38. The second-order valence-corrected chi connectivity index (χ2v) is 3.02. The zero-order valence-corrected chi connectivity index (χ0v) is 7.18. The first-order chi connectivity index (χ1) is 6.18. The maximum atomic E-state index is 8.97. The Labute approximate surface area is 75.6 Å². The van der Waals surface area contributed by atoms with E-state index in [1.165, 1.54) is 0 Å². The number of nitrogens with zero attached hydrogens (tertiary/aromatic N) is 2. The topological polar surface area (TPSA) is 57.8 Å². The third-order valence-electron chi connectivity index (χ3n) is 2.04. The van der Waals surface area contributed by atoms with E-state index in [1.807, 2.05) is 6.92 Å². The Morgan fingerprint density at radius 1 is 1.46 bits per heavy atom. The lowest BCUT2D eigenvalue weighted by molar-refractivity contribution is 0.425. The van der Waals surface area contributed by atoms with Gasteiger partial charge in [-0.3, -0.25) is 0 Å². The number of imidazole rings is 1. The average molecular weight is 176 g/mol. The summed E-state index contributed by atoms with van der Waals surface area (Å²) in [6, 6.07) is 1.74. The number of rotatable bonds is 1. The van der Waals surface area contributed by atoms with Gasteiger partial charge in [-0.15, -0.1) is 0 Å². The summed E-state index contributed by atoms with van der Waals surface area (Å²) < 4.78 is 1.77. The van der Waals surface area contributed by atoms with E-state index in [2.05, 4.69) is 4.98 Å². The van der Waals surface area contributed by atoms with Crippen molar-refractivity contribution in [2.75, 3.05) is 0 Å². The van der Waals surface area contributed by atoms with E-state index >= 15 is 0 Å². The van der Waals surface area contributed by atoms with Crippen molar-refractivity contribution in [3.05, 3.63) is 30.4 Å². The van der Waals surface area contributed by atoms with Crippen LogP contribution in [0.1, 0.15) is 5.56 Å². The van der Waals surface area contributed by atoms with Crippen LogP contribution in [0.2, 0.25) is 0 Å². The summed E-state index contributed by atoms with van der Waals surface area (Å²) in [7, 11) is -1.43. The molecule has 4 nitrogen and oxygen atoms in total. The normalized spacial score (nSPS) is 10.7. The second kappa shape index (κ2) is 2.87. The standard InChI is InChI=1S/C8H9BN2O2/c1-6-2-7(9(12)13)4-11-5-10-3-8(6)11/h2-5,12-13H,1H3. The van der Waals surface area contributed by atoms with E-state index in [0.717, 1.165) is 11.1 Å². The minimum atomic E-state index is -1.43. The largest absolute Gasteiger partial charge is 0.489 e. The van der Waals surface area contributed by atoms with Gasteiger partial charge in [-0.05, 0) is 17.9 Å². The predicted octanol–water partition coefficient (Wildman–Crippen LogP) is -0.677. The van der Waals surface area contributed by atoms with Crippen LogP contribution in [0.4, 0.5) is 0 Å². The molecule has 0 fully saturated rings. The van der Waals surface area contributed by atoms with Crippen LogP contribution in [0, 0.1) is 6.92 Å². The summed E-state index contributed by atoms with van der Waals surface area (Å²) in [6.45, 7) is 1.91. The predicted molar refractivity (Wildman–Crippen MR) is 49.8 cm³/mol. The minimum Gasteiger partial charge on any atom is -0.423 e. The Kier molecular flexibility index (Phi) is 1.83. The van der Waals surface area contributed by atoms with Crippen LogP contribution in [0.3, 0.4) is 0 Å². The summed E-state index contributed by atoms with van der Waals surface area (Å²) >= 11 is 0. The Morgan fingerprint density at radius 2 is 2.23 bits per heavy atom. The van der Waals surface area contributed by atoms with Crippen LogP contribution in [0.5, 0.6) is 0 Å². The van der Waals surface area contributed by atoms with E-state index in [9.17, 15) is 0 Å². The first kappa shape index (κ1) is 8.28. The monoisotopic (exact) mass is 176 g/mol. The molecular formula is C8H9BN2O2. The third-order valence-corrected chi connectivity index (χ3v) is 2.04. The van der Waals surface area contributed by atoms with Crippen molar-refractivity contribution in [2.24, 2.45) is 0 Å². The van der Waals surface area contributed by atoms with E-state index in [1.54, 1.807) is 29.2 Å². The molecule has 2 rings (SSSR count). The van der Waals surface area contributed by atoms with Crippen LogP contribution in [-0.2, 0) is 0 Å². The van der Waals surface area contributed by atoms with E-state index in [0.29, 0.717) is 5.46 Å². The molecule has 0 atom stereocenters. The molecule has 0 unspecified atom stereocenters. The fourth-order valence-corrected chi connectivity index (χ4v) is 1.38. The van der Waals surface area contributed by atoms with Crippen molar-refractivity contribution in [3.8, 4) is 0 Å². The summed E-state index contributed by atoms with van der Waals surface area (Å²) in [5.41, 5.74) is 2.43. The van der Waals surface area contributed by atoms with Gasteiger partial charge in [0.25, 0.3) is 0 Å². The Hall–Kier alpha value is -1.33. The molecule has 0 aliphatic carbocycles. The molecule has 0 saturated heterocycles. The van der Waals surface area contributed by atoms with E-state index in [-0.39, 0.29) is 0 Å². The molecule has 0 spiro atoms. The van der Waals surface area contributed by atoms with Crippen molar-refractivity contribution in [3.63, 3.8) is 0 Å². The summed E-state index contributed by atoms with van der Waals surface area (Å²) in [5, 5.41) is 17.9. The Morgan fingerprint density at radius 3 is 2.92 bits per heavy atom. The number of pyridine rings is 1. The SMILES string of the molecule is Cc1cc(B(O)O)cn2cncc12. The van der Waals surface area contributed by atoms with Gasteiger partial charge in [0.15, 0.2) is 0 Å². The molecule has 2 aromatic heterocycles. The summed E-state index contributed by atoms with van der Waals surface area (Å²) in [4.78, 5) is 3.96. The van der Waals surface area contributed by atoms with Gasteiger partial charge in [-0.25, -0.2) is 4.98 Å². The van der Waals surface area contributed by atoms with E-state index < -0.39 is 7.12 Å². The minimum absolute atomic E-state index is 0.475. The zero-order chi connectivity index (χ0) is 9.42. The van der Waals surface area contributed by atoms with Crippen molar-refractivity contribution < 1.29 is 10.0 Å². The molecule has 13 heavy (non-hydrogen) atoms. The molecule has 0 amide bonds. The lowest BCUT2D eigenvalue weighted by Gasteiger charge is -2.03. The van der Waals surface area contributed by atoms with Gasteiger partial charge in [0.1, 0.15) is 0 Å². The summed E-state index contributed by atoms with van der Waals surface area (Å²) in [5.74, 6) is 0. The van der Waals surface area contributed by atoms with Gasteiger partial charge in [0.05, 0.1) is 18.0 Å². The molecule has 2 aromatic rings. The number of aryl methyl sites for hydroxylation is 1. The molecular weight excluding hydrogens is 167 g/mol. The van der Waals surface area contributed by atoms with Crippen molar-refractivity contribution >= 4 is 18.1 Å². The van der Waals surface area contributed by atoms with Crippen molar-refractivity contribution in [2.45, 2.75) is 6.92 Å².